The summed E-state index contributed by atoms with van der Waals surface area (Å²) in [5.41, 5.74) is 2.76. The number of halogens is 3. The predicted octanol–water partition coefficient (Wildman–Crippen LogP) is 3.21. The van der Waals surface area contributed by atoms with E-state index in [0.29, 0.717) is 30.7 Å². The number of hydrogen-bond acceptors (Lipinski definition) is 5. The lowest BCUT2D eigenvalue weighted by molar-refractivity contribution is -0.182. The van der Waals surface area contributed by atoms with Crippen LogP contribution < -0.4 is 0 Å². The van der Waals surface area contributed by atoms with Crippen LogP contribution in [0, 0.1) is 12.8 Å². The van der Waals surface area contributed by atoms with Gasteiger partial charge in [0.2, 0.25) is 10.0 Å². The molecule has 2 aliphatic rings. The van der Waals surface area contributed by atoms with Gasteiger partial charge in [0.05, 0.1) is 30.2 Å². The predicted molar refractivity (Wildman–Crippen MR) is 104 cm³/mol. The summed E-state index contributed by atoms with van der Waals surface area (Å²) in [4.78, 5) is 4.50. The minimum Gasteiger partial charge on any atom is -0.369 e. The Labute approximate surface area is 173 Å². The molecule has 30 heavy (non-hydrogen) atoms. The lowest BCUT2D eigenvalue weighted by atomic mass is 9.80. The zero-order valence-electron chi connectivity index (χ0n) is 16.9. The van der Waals surface area contributed by atoms with E-state index in [2.05, 4.69) is 10.1 Å². The van der Waals surface area contributed by atoms with Crippen molar-refractivity contribution >= 4 is 15.7 Å². The third kappa shape index (κ3) is 4.33. The Hall–Kier alpha value is -1.72. The molecule has 1 aliphatic heterocycles. The molecule has 166 valence electrons. The highest BCUT2D eigenvalue weighted by Gasteiger charge is 2.42. The van der Waals surface area contributed by atoms with Gasteiger partial charge < -0.3 is 4.74 Å². The van der Waals surface area contributed by atoms with Crippen LogP contribution in [0.4, 0.5) is 13.2 Å². The van der Waals surface area contributed by atoms with Crippen molar-refractivity contribution in [3.05, 3.63) is 29.2 Å². The summed E-state index contributed by atoms with van der Waals surface area (Å²) in [5.74, 6) is -1.28. The number of aromatic nitrogens is 3. The summed E-state index contributed by atoms with van der Waals surface area (Å²) < 4.78 is 71.7. The van der Waals surface area contributed by atoms with E-state index >= 15 is 0 Å². The number of ether oxygens (including phenoxy) is 1. The Kier molecular flexibility index (Phi) is 5.56. The van der Waals surface area contributed by atoms with Crippen LogP contribution in [-0.4, -0.2) is 59.4 Å². The molecule has 1 aliphatic carbocycles. The molecular formula is C19H25F3N4O3S. The number of aryl methyl sites for hydroxylation is 1. The van der Waals surface area contributed by atoms with Gasteiger partial charge >= 0.3 is 6.18 Å². The number of alkyl halides is 3. The van der Waals surface area contributed by atoms with Crippen LogP contribution in [0.2, 0.25) is 0 Å². The zero-order valence-corrected chi connectivity index (χ0v) is 17.7. The first-order chi connectivity index (χ1) is 14.0. The van der Waals surface area contributed by atoms with Gasteiger partial charge in [-0.15, -0.1) is 0 Å². The molecule has 0 spiro atoms. The van der Waals surface area contributed by atoms with Crippen molar-refractivity contribution in [1.29, 1.82) is 0 Å². The second kappa shape index (κ2) is 7.76. The van der Waals surface area contributed by atoms with Crippen LogP contribution in [0.15, 0.2) is 12.1 Å². The number of morpholine rings is 1. The largest absolute Gasteiger partial charge is 0.391 e. The summed E-state index contributed by atoms with van der Waals surface area (Å²) in [6, 6.07) is 3.65. The Bertz CT molecular complexity index is 1030. The molecule has 0 bridgehead atoms. The fourth-order valence-corrected chi connectivity index (χ4v) is 5.21. The first-order valence-corrected chi connectivity index (χ1v) is 11.9. The molecule has 0 aromatic carbocycles. The molecule has 7 nitrogen and oxygen atoms in total. The van der Waals surface area contributed by atoms with Gasteiger partial charge in [0, 0.05) is 30.8 Å². The second-order valence-corrected chi connectivity index (χ2v) is 10.2. The van der Waals surface area contributed by atoms with Crippen LogP contribution in [0.3, 0.4) is 0 Å². The van der Waals surface area contributed by atoms with Crippen LogP contribution >= 0.6 is 0 Å². The maximum atomic E-state index is 13.0. The number of fused-ring (bicyclic) bond motifs is 1. The molecular weight excluding hydrogens is 421 g/mol. The van der Waals surface area contributed by atoms with Crippen molar-refractivity contribution < 1.29 is 26.3 Å². The molecule has 0 radical (unpaired) electrons. The van der Waals surface area contributed by atoms with Gasteiger partial charge in [0.15, 0.2) is 5.65 Å². The molecule has 2 aromatic heterocycles. The van der Waals surface area contributed by atoms with Crippen molar-refractivity contribution in [3.8, 4) is 0 Å². The van der Waals surface area contributed by atoms with E-state index in [1.165, 1.54) is 10.6 Å². The fourth-order valence-electron chi connectivity index (χ4n) is 4.40. The molecule has 3 heterocycles. The Morgan fingerprint density at radius 1 is 1.17 bits per heavy atom. The number of hydrogen-bond donors (Lipinski definition) is 0. The monoisotopic (exact) mass is 446 g/mol. The molecule has 0 amide bonds. The third-order valence-electron chi connectivity index (χ3n) is 6.04. The summed E-state index contributed by atoms with van der Waals surface area (Å²) in [7, 11) is -3.34. The highest BCUT2D eigenvalue weighted by molar-refractivity contribution is 7.88. The maximum absolute atomic E-state index is 13.0. The summed E-state index contributed by atoms with van der Waals surface area (Å²) >= 11 is 0. The second-order valence-electron chi connectivity index (χ2n) is 8.23. The van der Waals surface area contributed by atoms with Gasteiger partial charge in [-0.25, -0.2) is 17.9 Å². The lowest BCUT2D eigenvalue weighted by Gasteiger charge is -2.31. The van der Waals surface area contributed by atoms with Crippen molar-refractivity contribution in [2.75, 3.05) is 26.0 Å². The van der Waals surface area contributed by atoms with Crippen molar-refractivity contribution in [1.82, 2.24) is 18.9 Å². The van der Waals surface area contributed by atoms with E-state index in [1.54, 1.807) is 4.52 Å². The van der Waals surface area contributed by atoms with E-state index in [1.807, 2.05) is 19.1 Å². The number of rotatable bonds is 3. The third-order valence-corrected chi connectivity index (χ3v) is 7.31. The average molecular weight is 446 g/mol. The molecule has 11 heteroatoms. The maximum Gasteiger partial charge on any atom is 0.391 e. The lowest BCUT2D eigenvalue weighted by Crippen LogP contribution is -2.42. The van der Waals surface area contributed by atoms with Crippen LogP contribution in [-0.2, 0) is 14.8 Å². The van der Waals surface area contributed by atoms with E-state index < -0.39 is 28.2 Å². The van der Waals surface area contributed by atoms with Gasteiger partial charge in [-0.3, -0.25) is 0 Å². The minimum absolute atomic E-state index is 0.0433. The highest BCUT2D eigenvalue weighted by Crippen LogP contribution is 2.42. The Balaban J connectivity index is 1.61. The molecule has 2 fully saturated rings. The van der Waals surface area contributed by atoms with Gasteiger partial charge in [0.25, 0.3) is 0 Å². The topological polar surface area (TPSA) is 76.8 Å². The van der Waals surface area contributed by atoms with Gasteiger partial charge in [-0.2, -0.15) is 22.6 Å². The molecule has 4 rings (SSSR count). The molecule has 1 saturated heterocycles. The molecule has 1 atom stereocenters. The van der Waals surface area contributed by atoms with Crippen molar-refractivity contribution in [2.45, 2.75) is 50.8 Å². The first kappa shape index (κ1) is 21.5. The SMILES string of the molecule is Cc1cc([C@H]2CN(S(C)(=O)=O)CCO2)n2nc([C@H]3CC[C@H](C(F)(F)F)CC3)cc2n1. The number of sulfonamides is 1. The summed E-state index contributed by atoms with van der Waals surface area (Å²) in [6.07, 6.45) is -2.38. The first-order valence-electron chi connectivity index (χ1n) is 10.0. The molecule has 2 aromatic rings. The minimum atomic E-state index is -4.14. The van der Waals surface area contributed by atoms with Gasteiger partial charge in [-0.05, 0) is 38.7 Å². The Morgan fingerprint density at radius 2 is 1.87 bits per heavy atom. The van der Waals surface area contributed by atoms with E-state index in [9.17, 15) is 21.6 Å². The average Bonchev–Trinajstić information content (AvgIpc) is 3.10. The van der Waals surface area contributed by atoms with Gasteiger partial charge in [0.1, 0.15) is 6.10 Å². The molecule has 0 N–H and O–H groups in total. The standard InChI is InChI=1S/C19H25F3N4O3S/c1-12-9-16(17-11-25(7-8-29-17)30(2,27)28)26-18(23-12)10-15(24-26)13-3-5-14(6-4-13)19(20,21)22/h9-10,13-14,17H,3-8,11H2,1-2H3/t13-,14-,17-/m1/s1. The normalized spacial score (nSPS) is 26.9. The molecule has 1 saturated carbocycles. The quantitative estimate of drug-likeness (QED) is 0.724. The van der Waals surface area contributed by atoms with Crippen LogP contribution in [0.25, 0.3) is 5.65 Å². The fraction of sp³-hybridized carbons (Fsp3) is 0.684. The smallest absolute Gasteiger partial charge is 0.369 e. The summed E-state index contributed by atoms with van der Waals surface area (Å²) in [5, 5.41) is 4.65. The van der Waals surface area contributed by atoms with Crippen LogP contribution in [0.5, 0.6) is 0 Å². The molecule has 0 unspecified atom stereocenters. The van der Waals surface area contributed by atoms with Crippen LogP contribution in [0.1, 0.15) is 54.8 Å². The zero-order chi connectivity index (χ0) is 21.7. The van der Waals surface area contributed by atoms with Gasteiger partial charge in [-0.1, -0.05) is 0 Å². The highest BCUT2D eigenvalue weighted by atomic mass is 32.2. The van der Waals surface area contributed by atoms with E-state index in [0.717, 1.165) is 11.4 Å². The van der Waals surface area contributed by atoms with Crippen molar-refractivity contribution in [3.63, 3.8) is 0 Å². The van der Waals surface area contributed by atoms with E-state index in [4.69, 9.17) is 4.74 Å². The van der Waals surface area contributed by atoms with E-state index in [-0.39, 0.29) is 31.9 Å². The van der Waals surface area contributed by atoms with Crippen molar-refractivity contribution in [2.24, 2.45) is 5.92 Å². The Morgan fingerprint density at radius 3 is 2.50 bits per heavy atom. The number of nitrogens with zero attached hydrogens (tertiary/aromatic N) is 4. The summed E-state index contributed by atoms with van der Waals surface area (Å²) in [6.45, 7) is 2.59.